The lowest BCUT2D eigenvalue weighted by Gasteiger charge is -2.34. The Bertz CT molecular complexity index is 1650. The molecule has 0 aliphatic carbocycles. The predicted molar refractivity (Wildman–Crippen MR) is 174 cm³/mol. The van der Waals surface area contributed by atoms with Crippen molar-refractivity contribution >= 4 is 27.5 Å². The first-order valence-electron chi connectivity index (χ1n) is 14.6. The average Bonchev–Trinajstić information content (AvgIpc) is 3.02. The maximum Gasteiger partial charge on any atom is 0.244 e. The van der Waals surface area contributed by atoms with Crippen LogP contribution in [0.3, 0.4) is 0 Å². The fraction of sp³-hybridized carbons (Fsp3) is 0.257. The van der Waals surface area contributed by atoms with Gasteiger partial charge in [-0.1, -0.05) is 72.8 Å². The van der Waals surface area contributed by atoms with Crippen LogP contribution in [0.15, 0.2) is 109 Å². The number of nitrogens with one attached hydrogen (secondary N) is 1. The maximum atomic E-state index is 14.1. The van der Waals surface area contributed by atoms with Crippen LogP contribution in [-0.4, -0.2) is 50.0 Å². The van der Waals surface area contributed by atoms with Gasteiger partial charge in [-0.15, -0.1) is 0 Å². The molecule has 0 bridgehead atoms. The minimum absolute atomic E-state index is 0.0357. The van der Waals surface area contributed by atoms with Crippen molar-refractivity contribution in [1.29, 1.82) is 0 Å². The van der Waals surface area contributed by atoms with E-state index < -0.39 is 34.3 Å². The normalized spacial score (nSPS) is 11.9. The summed E-state index contributed by atoms with van der Waals surface area (Å²) < 4.78 is 46.6. The molecule has 0 aromatic heterocycles. The Hall–Kier alpha value is -4.70. The Balaban J connectivity index is 1.63. The summed E-state index contributed by atoms with van der Waals surface area (Å²) in [5.41, 5.74) is 2.67. The molecule has 0 aliphatic heterocycles. The van der Waals surface area contributed by atoms with Crippen molar-refractivity contribution < 1.29 is 27.1 Å². The minimum Gasteiger partial charge on any atom is -0.489 e. The number of ether oxygens (including phenoxy) is 1. The first kappa shape index (κ1) is 33.2. The minimum atomic E-state index is -3.92. The molecular weight excluding hydrogens is 593 g/mol. The van der Waals surface area contributed by atoms with Crippen LogP contribution in [0.25, 0.3) is 0 Å². The molecule has 0 spiro atoms. The molecule has 1 N–H and O–H groups in total. The summed E-state index contributed by atoms with van der Waals surface area (Å²) in [4.78, 5) is 29.1. The van der Waals surface area contributed by atoms with Crippen molar-refractivity contribution in [2.45, 2.75) is 45.5 Å². The lowest BCUT2D eigenvalue weighted by molar-refractivity contribution is -0.140. The number of halogens is 1. The molecular formula is C35H38FN3O5S. The molecule has 0 fully saturated rings. The summed E-state index contributed by atoms with van der Waals surface area (Å²) in [7, 11) is -3.92. The van der Waals surface area contributed by atoms with Gasteiger partial charge in [0.2, 0.25) is 21.8 Å². The summed E-state index contributed by atoms with van der Waals surface area (Å²) in [6.07, 6.45) is 1.22. The summed E-state index contributed by atoms with van der Waals surface area (Å²) in [5, 5.41) is 2.90. The third-order valence-corrected chi connectivity index (χ3v) is 8.16. The molecule has 4 aromatic rings. The summed E-state index contributed by atoms with van der Waals surface area (Å²) >= 11 is 0. The van der Waals surface area contributed by atoms with E-state index in [1.165, 1.54) is 29.2 Å². The molecule has 0 unspecified atom stereocenters. The second kappa shape index (κ2) is 15.3. The predicted octanol–water partition coefficient (Wildman–Crippen LogP) is 5.34. The van der Waals surface area contributed by atoms with Gasteiger partial charge in [0.25, 0.3) is 0 Å². The van der Waals surface area contributed by atoms with Gasteiger partial charge in [0.15, 0.2) is 0 Å². The smallest absolute Gasteiger partial charge is 0.244 e. The van der Waals surface area contributed by atoms with E-state index in [4.69, 9.17) is 4.74 Å². The number of carbonyl (C=O) groups is 2. The molecule has 2 amide bonds. The number of anilines is 1. The lowest BCUT2D eigenvalue weighted by Crippen LogP contribution is -2.54. The first-order valence-corrected chi connectivity index (χ1v) is 16.5. The molecule has 0 radical (unpaired) electrons. The van der Waals surface area contributed by atoms with Crippen LogP contribution in [0.1, 0.15) is 30.5 Å². The monoisotopic (exact) mass is 631 g/mol. The molecule has 4 rings (SSSR count). The molecule has 4 aromatic carbocycles. The number of hydrogen-bond donors (Lipinski definition) is 1. The average molecular weight is 632 g/mol. The molecule has 0 saturated carbocycles. The number of amides is 2. The second-order valence-corrected chi connectivity index (χ2v) is 13.0. The largest absolute Gasteiger partial charge is 0.489 e. The highest BCUT2D eigenvalue weighted by Gasteiger charge is 2.33. The number of hydrogen-bond acceptors (Lipinski definition) is 5. The molecule has 0 heterocycles. The Morgan fingerprint density at radius 2 is 1.38 bits per heavy atom. The van der Waals surface area contributed by atoms with E-state index in [9.17, 15) is 22.4 Å². The van der Waals surface area contributed by atoms with Crippen LogP contribution in [0, 0.1) is 5.82 Å². The highest BCUT2D eigenvalue weighted by atomic mass is 32.2. The van der Waals surface area contributed by atoms with Crippen molar-refractivity contribution in [2.24, 2.45) is 0 Å². The van der Waals surface area contributed by atoms with Crippen LogP contribution >= 0.6 is 0 Å². The fourth-order valence-electron chi connectivity index (χ4n) is 4.78. The first-order chi connectivity index (χ1) is 21.5. The Morgan fingerprint density at radius 3 is 1.93 bits per heavy atom. The van der Waals surface area contributed by atoms with E-state index in [1.54, 1.807) is 24.3 Å². The summed E-state index contributed by atoms with van der Waals surface area (Å²) in [6, 6.07) is 29.8. The third kappa shape index (κ3) is 9.90. The third-order valence-electron chi connectivity index (χ3n) is 7.02. The van der Waals surface area contributed by atoms with Crippen molar-refractivity contribution in [2.75, 3.05) is 17.1 Å². The number of benzene rings is 4. The number of sulfonamides is 1. The number of nitrogens with zero attached hydrogens (tertiary/aromatic N) is 2. The van der Waals surface area contributed by atoms with Gasteiger partial charge < -0.3 is 15.0 Å². The summed E-state index contributed by atoms with van der Waals surface area (Å²) in [6.45, 7) is 3.40. The Morgan fingerprint density at radius 1 is 0.800 bits per heavy atom. The Labute approximate surface area is 264 Å². The van der Waals surface area contributed by atoms with Crippen LogP contribution in [0.4, 0.5) is 10.1 Å². The van der Waals surface area contributed by atoms with Gasteiger partial charge in [-0.2, -0.15) is 0 Å². The number of rotatable bonds is 14. The van der Waals surface area contributed by atoms with E-state index in [1.807, 2.05) is 74.5 Å². The van der Waals surface area contributed by atoms with Crippen molar-refractivity contribution in [3.8, 4) is 5.75 Å². The summed E-state index contributed by atoms with van der Waals surface area (Å²) in [5.74, 6) is -0.868. The molecule has 236 valence electrons. The fourth-order valence-corrected chi connectivity index (χ4v) is 5.63. The highest BCUT2D eigenvalue weighted by Crippen LogP contribution is 2.24. The molecule has 8 nitrogen and oxygen atoms in total. The van der Waals surface area contributed by atoms with Crippen molar-refractivity contribution in [3.63, 3.8) is 0 Å². The van der Waals surface area contributed by atoms with Crippen LogP contribution < -0.4 is 14.4 Å². The highest BCUT2D eigenvalue weighted by molar-refractivity contribution is 7.92. The zero-order chi connectivity index (χ0) is 32.4. The van der Waals surface area contributed by atoms with Gasteiger partial charge in [0, 0.05) is 19.0 Å². The van der Waals surface area contributed by atoms with Gasteiger partial charge in [-0.05, 0) is 66.9 Å². The van der Waals surface area contributed by atoms with Gasteiger partial charge in [0.1, 0.15) is 30.8 Å². The van der Waals surface area contributed by atoms with Crippen LogP contribution in [-0.2, 0) is 39.2 Å². The van der Waals surface area contributed by atoms with Gasteiger partial charge in [0.05, 0.1) is 11.9 Å². The standard InChI is InChI=1S/C35H38FN3O5S/c1-26(2)37-35(41)33(22-27-10-6-4-7-11-27)38(23-28-14-16-30(36)17-15-28)34(40)24-39(45(3,42)43)31-18-20-32(21-19-31)44-25-29-12-8-5-9-13-29/h4-21,26,33H,22-25H2,1-3H3,(H,37,41)/t33-/m1/s1. The molecule has 45 heavy (non-hydrogen) atoms. The molecule has 10 heteroatoms. The van der Waals surface area contributed by atoms with E-state index in [0.29, 0.717) is 17.9 Å². The molecule has 0 saturated heterocycles. The van der Waals surface area contributed by atoms with Crippen LogP contribution in [0.2, 0.25) is 0 Å². The van der Waals surface area contributed by atoms with E-state index >= 15 is 0 Å². The van der Waals surface area contributed by atoms with E-state index in [-0.39, 0.29) is 30.6 Å². The quantitative estimate of drug-likeness (QED) is 0.203. The molecule has 1 atom stereocenters. The van der Waals surface area contributed by atoms with Crippen molar-refractivity contribution in [1.82, 2.24) is 10.2 Å². The lowest BCUT2D eigenvalue weighted by atomic mass is 10.0. The zero-order valence-electron chi connectivity index (χ0n) is 25.6. The second-order valence-electron chi connectivity index (χ2n) is 11.1. The van der Waals surface area contributed by atoms with Crippen molar-refractivity contribution in [3.05, 3.63) is 132 Å². The van der Waals surface area contributed by atoms with E-state index in [0.717, 1.165) is 21.7 Å². The van der Waals surface area contributed by atoms with Crippen LogP contribution in [0.5, 0.6) is 5.75 Å². The Kier molecular flexibility index (Phi) is 11.3. The zero-order valence-corrected chi connectivity index (χ0v) is 26.4. The van der Waals surface area contributed by atoms with E-state index in [2.05, 4.69) is 5.32 Å². The van der Waals surface area contributed by atoms with Gasteiger partial charge in [-0.25, -0.2) is 12.8 Å². The molecule has 0 aliphatic rings. The maximum absolute atomic E-state index is 14.1. The SMILES string of the molecule is CC(C)NC(=O)[C@@H](Cc1ccccc1)N(Cc1ccc(F)cc1)C(=O)CN(c1ccc(OCc2ccccc2)cc1)S(C)(=O)=O. The van der Waals surface area contributed by atoms with Gasteiger partial charge in [-0.3, -0.25) is 13.9 Å². The van der Waals surface area contributed by atoms with Gasteiger partial charge >= 0.3 is 0 Å². The number of carbonyl (C=O) groups excluding carboxylic acids is 2. The topological polar surface area (TPSA) is 96.0 Å².